The number of hydrogen-bond acceptors (Lipinski definition) is 3. The maximum Gasteiger partial charge on any atom is 0.508 e. The molecule has 0 saturated carbocycles. The monoisotopic (exact) mass is 384 g/mol. The molecule has 0 aliphatic carbocycles. The summed E-state index contributed by atoms with van der Waals surface area (Å²) in [5.74, 6) is 0. The number of rotatable bonds is 21. The molecule has 27 heavy (non-hydrogen) atoms. The van der Waals surface area contributed by atoms with E-state index in [1.165, 1.54) is 89.9 Å². The van der Waals surface area contributed by atoms with Crippen LogP contribution in [0, 0.1) is 0 Å². The average Bonchev–Trinajstić information content (AvgIpc) is 2.67. The first-order chi connectivity index (χ1) is 13.3. The minimum absolute atomic E-state index is 0.492. The van der Waals surface area contributed by atoms with E-state index in [1.807, 2.05) is 0 Å². The van der Waals surface area contributed by atoms with E-state index < -0.39 is 6.16 Å². The Kier molecular flexibility index (Phi) is 22.7. The topological polar surface area (TPSA) is 35.5 Å². The molecule has 0 saturated heterocycles. The summed E-state index contributed by atoms with van der Waals surface area (Å²) in [7, 11) is 0. The normalized spacial score (nSPS) is 10.9. The Morgan fingerprint density at radius 3 is 1.07 bits per heavy atom. The van der Waals surface area contributed by atoms with Crippen molar-refractivity contribution < 1.29 is 14.3 Å². The largest absolute Gasteiger partial charge is 0.508 e. The smallest absolute Gasteiger partial charge is 0.434 e. The second-order valence-electron chi connectivity index (χ2n) is 7.96. The fraction of sp³-hybridized carbons (Fsp3) is 0.958. The fourth-order valence-corrected chi connectivity index (χ4v) is 3.35. The molecular formula is C24H48O3. The van der Waals surface area contributed by atoms with E-state index in [0.717, 1.165) is 32.1 Å². The molecule has 0 radical (unpaired) electrons. The third-order valence-electron chi connectivity index (χ3n) is 5.19. The van der Waals surface area contributed by atoms with Gasteiger partial charge in [0.25, 0.3) is 0 Å². The molecule has 0 aliphatic rings. The van der Waals surface area contributed by atoms with Gasteiger partial charge in [-0.3, -0.25) is 0 Å². The molecule has 0 N–H and O–H groups in total. The van der Waals surface area contributed by atoms with Gasteiger partial charge in [0.15, 0.2) is 0 Å². The van der Waals surface area contributed by atoms with Crippen LogP contribution in [0.25, 0.3) is 0 Å². The molecule has 0 bridgehead atoms. The molecule has 0 aromatic rings. The molecular weight excluding hydrogens is 336 g/mol. The van der Waals surface area contributed by atoms with Crippen LogP contribution in [-0.4, -0.2) is 19.4 Å². The van der Waals surface area contributed by atoms with Crippen molar-refractivity contribution in [3.05, 3.63) is 0 Å². The Hall–Kier alpha value is -0.730. The van der Waals surface area contributed by atoms with Crippen molar-refractivity contribution >= 4 is 6.16 Å². The molecule has 0 amide bonds. The van der Waals surface area contributed by atoms with Gasteiger partial charge in [-0.25, -0.2) is 4.79 Å². The van der Waals surface area contributed by atoms with Crippen LogP contribution in [0.3, 0.4) is 0 Å². The van der Waals surface area contributed by atoms with Gasteiger partial charge in [-0.2, -0.15) is 0 Å². The molecule has 162 valence electrons. The third kappa shape index (κ3) is 23.2. The van der Waals surface area contributed by atoms with Crippen LogP contribution < -0.4 is 0 Å². The summed E-state index contributed by atoms with van der Waals surface area (Å²) in [4.78, 5) is 11.3. The lowest BCUT2D eigenvalue weighted by Gasteiger charge is -2.06. The van der Waals surface area contributed by atoms with E-state index in [0.29, 0.717) is 13.2 Å². The number of hydrogen-bond donors (Lipinski definition) is 0. The van der Waals surface area contributed by atoms with E-state index >= 15 is 0 Å². The van der Waals surface area contributed by atoms with Gasteiger partial charge in [-0.1, -0.05) is 123 Å². The SMILES string of the molecule is CCCCCCCCCCCCCCCCCCOC(=O)OCCCCC. The first-order valence-electron chi connectivity index (χ1n) is 12.1. The Balaban J connectivity index is 3.07. The van der Waals surface area contributed by atoms with Crippen LogP contribution in [0.5, 0.6) is 0 Å². The van der Waals surface area contributed by atoms with E-state index in [4.69, 9.17) is 9.47 Å². The minimum Gasteiger partial charge on any atom is -0.434 e. The lowest BCUT2D eigenvalue weighted by Crippen LogP contribution is -2.09. The van der Waals surface area contributed by atoms with Crippen LogP contribution in [0.15, 0.2) is 0 Å². The van der Waals surface area contributed by atoms with Gasteiger partial charge >= 0.3 is 6.16 Å². The maximum atomic E-state index is 11.3. The average molecular weight is 385 g/mol. The van der Waals surface area contributed by atoms with Gasteiger partial charge < -0.3 is 9.47 Å². The number of unbranched alkanes of at least 4 members (excludes halogenated alkanes) is 17. The first kappa shape index (κ1) is 26.3. The van der Waals surface area contributed by atoms with Crippen molar-refractivity contribution in [2.45, 2.75) is 136 Å². The summed E-state index contributed by atoms with van der Waals surface area (Å²) in [6.45, 7) is 5.41. The number of carbonyl (C=O) groups excluding carboxylic acids is 1. The standard InChI is InChI=1S/C24H48O3/c1-3-5-7-8-9-10-11-12-13-14-15-16-17-18-19-21-23-27-24(25)26-22-20-6-4-2/h3-23H2,1-2H3. The molecule has 0 heterocycles. The second-order valence-corrected chi connectivity index (χ2v) is 7.96. The van der Waals surface area contributed by atoms with Crippen molar-refractivity contribution in [1.82, 2.24) is 0 Å². The van der Waals surface area contributed by atoms with Gasteiger partial charge in [0, 0.05) is 0 Å². The highest BCUT2D eigenvalue weighted by molar-refractivity contribution is 5.59. The summed E-state index contributed by atoms with van der Waals surface area (Å²) in [6, 6.07) is 0. The van der Waals surface area contributed by atoms with Crippen molar-refractivity contribution in [2.75, 3.05) is 13.2 Å². The van der Waals surface area contributed by atoms with Crippen LogP contribution in [-0.2, 0) is 9.47 Å². The molecule has 3 nitrogen and oxygen atoms in total. The van der Waals surface area contributed by atoms with Crippen LogP contribution in [0.4, 0.5) is 4.79 Å². The predicted molar refractivity (Wildman–Crippen MR) is 116 cm³/mol. The van der Waals surface area contributed by atoms with Gasteiger partial charge in [0.05, 0.1) is 13.2 Å². The van der Waals surface area contributed by atoms with Crippen molar-refractivity contribution in [3.63, 3.8) is 0 Å². The number of ether oxygens (including phenoxy) is 2. The van der Waals surface area contributed by atoms with Crippen molar-refractivity contribution in [1.29, 1.82) is 0 Å². The summed E-state index contributed by atoms with van der Waals surface area (Å²) in [5, 5.41) is 0. The Labute approximate surface area is 170 Å². The highest BCUT2D eigenvalue weighted by Gasteiger charge is 2.02. The first-order valence-corrected chi connectivity index (χ1v) is 12.1. The van der Waals surface area contributed by atoms with Crippen molar-refractivity contribution in [3.8, 4) is 0 Å². The third-order valence-corrected chi connectivity index (χ3v) is 5.19. The minimum atomic E-state index is -0.493. The molecule has 0 atom stereocenters. The highest BCUT2D eigenvalue weighted by atomic mass is 16.7. The Morgan fingerprint density at radius 1 is 0.444 bits per heavy atom. The second kappa shape index (κ2) is 23.3. The highest BCUT2D eigenvalue weighted by Crippen LogP contribution is 2.13. The molecule has 0 aromatic carbocycles. The summed E-state index contributed by atoms with van der Waals surface area (Å²) in [6.07, 6.45) is 24.3. The summed E-state index contributed by atoms with van der Waals surface area (Å²) >= 11 is 0. The molecule has 0 aromatic heterocycles. The van der Waals surface area contributed by atoms with Crippen LogP contribution >= 0.6 is 0 Å². The number of carbonyl (C=O) groups is 1. The Morgan fingerprint density at radius 2 is 0.704 bits per heavy atom. The van der Waals surface area contributed by atoms with Gasteiger partial charge in [0.2, 0.25) is 0 Å². The van der Waals surface area contributed by atoms with Gasteiger partial charge in [-0.05, 0) is 12.8 Å². The van der Waals surface area contributed by atoms with Gasteiger partial charge in [0.1, 0.15) is 0 Å². The van der Waals surface area contributed by atoms with E-state index in [-0.39, 0.29) is 0 Å². The fourth-order valence-electron chi connectivity index (χ4n) is 3.35. The molecule has 0 unspecified atom stereocenters. The maximum absolute atomic E-state index is 11.3. The zero-order chi connectivity index (χ0) is 19.8. The van der Waals surface area contributed by atoms with Crippen LogP contribution in [0.1, 0.15) is 136 Å². The lowest BCUT2D eigenvalue weighted by atomic mass is 10.0. The van der Waals surface area contributed by atoms with Crippen LogP contribution in [0.2, 0.25) is 0 Å². The summed E-state index contributed by atoms with van der Waals surface area (Å²) in [5.41, 5.74) is 0. The quantitative estimate of drug-likeness (QED) is 0.147. The zero-order valence-corrected chi connectivity index (χ0v) is 18.6. The van der Waals surface area contributed by atoms with Crippen molar-refractivity contribution in [2.24, 2.45) is 0 Å². The molecule has 0 fully saturated rings. The molecule has 0 aliphatic heterocycles. The molecule has 3 heteroatoms. The molecule has 0 spiro atoms. The predicted octanol–water partition coefficient (Wildman–Crippen LogP) is 8.59. The van der Waals surface area contributed by atoms with E-state index in [1.54, 1.807) is 0 Å². The Bertz CT molecular complexity index is 291. The van der Waals surface area contributed by atoms with E-state index in [2.05, 4.69) is 13.8 Å². The zero-order valence-electron chi connectivity index (χ0n) is 18.6. The van der Waals surface area contributed by atoms with E-state index in [9.17, 15) is 4.79 Å². The molecule has 0 rings (SSSR count). The summed E-state index contributed by atoms with van der Waals surface area (Å²) < 4.78 is 10.1. The van der Waals surface area contributed by atoms with Gasteiger partial charge in [-0.15, -0.1) is 0 Å². The lowest BCUT2D eigenvalue weighted by molar-refractivity contribution is 0.0529.